The van der Waals surface area contributed by atoms with Crippen molar-refractivity contribution in [2.75, 3.05) is 0 Å². The van der Waals surface area contributed by atoms with Gasteiger partial charge in [-0.1, -0.05) is 31.2 Å². The van der Waals surface area contributed by atoms with E-state index < -0.39 is 0 Å². The predicted molar refractivity (Wildman–Crippen MR) is 95.6 cm³/mol. The molecule has 3 rings (SSSR count). The van der Waals surface area contributed by atoms with Crippen LogP contribution in [0, 0.1) is 5.82 Å². The molecular weight excluding hydrogens is 333 g/mol. The maximum atomic E-state index is 13.0. The lowest BCUT2D eigenvalue weighted by Gasteiger charge is -2.14. The molecule has 0 aliphatic heterocycles. The number of amides is 1. The van der Waals surface area contributed by atoms with E-state index in [0.29, 0.717) is 11.4 Å². The van der Waals surface area contributed by atoms with Crippen LogP contribution < -0.4 is 5.32 Å². The molecule has 1 amide bonds. The predicted octanol–water partition coefficient (Wildman–Crippen LogP) is 2.92. The van der Waals surface area contributed by atoms with E-state index in [4.69, 9.17) is 0 Å². The van der Waals surface area contributed by atoms with Crippen LogP contribution in [0.1, 0.15) is 31.0 Å². The maximum Gasteiger partial charge on any atom is 0.244 e. The zero-order valence-corrected chi connectivity index (χ0v) is 14.7. The number of aryl methyl sites for hydroxylation is 1. The van der Waals surface area contributed by atoms with Crippen LogP contribution in [-0.4, -0.2) is 26.1 Å². The van der Waals surface area contributed by atoms with E-state index in [0.717, 1.165) is 12.0 Å². The summed E-state index contributed by atoms with van der Waals surface area (Å²) in [6.45, 7) is 3.99. The molecule has 0 unspecified atom stereocenters. The second-order valence-corrected chi connectivity index (χ2v) is 6.03. The van der Waals surface area contributed by atoms with Crippen molar-refractivity contribution in [3.8, 4) is 11.4 Å². The largest absolute Gasteiger partial charge is 0.348 e. The lowest BCUT2D eigenvalue weighted by Crippen LogP contribution is -2.30. The molecule has 0 aliphatic carbocycles. The van der Waals surface area contributed by atoms with E-state index in [-0.39, 0.29) is 24.3 Å². The van der Waals surface area contributed by atoms with Crippen LogP contribution in [0.15, 0.2) is 48.5 Å². The normalized spacial score (nSPS) is 12.0. The SMILES string of the molecule is CCc1ccc([C@@H](C)NC(=O)Cn2nnc(-c3ccc(F)cc3)n2)cc1. The third-order valence-corrected chi connectivity index (χ3v) is 4.11. The van der Waals surface area contributed by atoms with Gasteiger partial charge in [-0.2, -0.15) is 4.80 Å². The molecule has 134 valence electrons. The number of tetrazole rings is 1. The zero-order valence-electron chi connectivity index (χ0n) is 14.7. The molecule has 2 aromatic carbocycles. The lowest BCUT2D eigenvalue weighted by molar-refractivity contribution is -0.122. The van der Waals surface area contributed by atoms with Crippen LogP contribution in [0.5, 0.6) is 0 Å². The van der Waals surface area contributed by atoms with Crippen molar-refractivity contribution in [3.63, 3.8) is 0 Å². The van der Waals surface area contributed by atoms with Gasteiger partial charge in [0.05, 0.1) is 6.04 Å². The summed E-state index contributed by atoms with van der Waals surface area (Å²) in [5.41, 5.74) is 2.93. The van der Waals surface area contributed by atoms with Gasteiger partial charge in [-0.05, 0) is 54.0 Å². The van der Waals surface area contributed by atoms with Crippen LogP contribution in [0.2, 0.25) is 0 Å². The minimum Gasteiger partial charge on any atom is -0.348 e. The molecular formula is C19H20FN5O. The van der Waals surface area contributed by atoms with Crippen molar-refractivity contribution in [1.29, 1.82) is 0 Å². The molecule has 1 atom stereocenters. The Labute approximate surface area is 151 Å². The average molecular weight is 353 g/mol. The fourth-order valence-electron chi connectivity index (χ4n) is 2.57. The molecule has 1 aromatic heterocycles. The van der Waals surface area contributed by atoms with Gasteiger partial charge in [0.2, 0.25) is 11.7 Å². The molecule has 0 fully saturated rings. The van der Waals surface area contributed by atoms with Gasteiger partial charge in [0, 0.05) is 5.56 Å². The van der Waals surface area contributed by atoms with Crippen LogP contribution in [0.25, 0.3) is 11.4 Å². The summed E-state index contributed by atoms with van der Waals surface area (Å²) >= 11 is 0. The van der Waals surface area contributed by atoms with Crippen molar-refractivity contribution in [2.24, 2.45) is 0 Å². The minimum atomic E-state index is -0.332. The van der Waals surface area contributed by atoms with Gasteiger partial charge in [-0.25, -0.2) is 4.39 Å². The quantitative estimate of drug-likeness (QED) is 0.739. The van der Waals surface area contributed by atoms with E-state index in [1.165, 1.54) is 22.5 Å². The Morgan fingerprint density at radius 1 is 1.15 bits per heavy atom. The van der Waals surface area contributed by atoms with Crippen molar-refractivity contribution >= 4 is 5.91 Å². The monoisotopic (exact) mass is 353 g/mol. The molecule has 0 aliphatic rings. The Morgan fingerprint density at radius 2 is 1.85 bits per heavy atom. The minimum absolute atomic E-state index is 0.0361. The first kappa shape index (κ1) is 17.7. The number of aromatic nitrogens is 4. The highest BCUT2D eigenvalue weighted by atomic mass is 19.1. The summed E-state index contributed by atoms with van der Waals surface area (Å²) in [5, 5.41) is 14.9. The fraction of sp³-hybridized carbons (Fsp3) is 0.263. The molecule has 6 nitrogen and oxygen atoms in total. The number of nitrogens with zero attached hydrogens (tertiary/aromatic N) is 4. The summed E-state index contributed by atoms with van der Waals surface area (Å²) in [5.74, 6) is -0.192. The van der Waals surface area contributed by atoms with E-state index in [1.807, 2.05) is 19.1 Å². The molecule has 0 saturated heterocycles. The van der Waals surface area contributed by atoms with E-state index in [2.05, 4.69) is 39.8 Å². The highest BCUT2D eigenvalue weighted by Gasteiger charge is 2.13. The van der Waals surface area contributed by atoms with Crippen LogP contribution in [0.4, 0.5) is 4.39 Å². The van der Waals surface area contributed by atoms with Gasteiger partial charge in [-0.15, -0.1) is 10.2 Å². The number of carbonyl (C=O) groups is 1. The van der Waals surface area contributed by atoms with Crippen molar-refractivity contribution in [2.45, 2.75) is 32.9 Å². The standard InChI is InChI=1S/C19H20FN5O/c1-3-14-4-6-15(7-5-14)13(2)21-18(26)12-25-23-19(22-24-25)16-8-10-17(20)11-9-16/h4-11,13H,3,12H2,1-2H3,(H,21,26)/t13-/m1/s1. The molecule has 0 saturated carbocycles. The first-order valence-electron chi connectivity index (χ1n) is 8.47. The summed E-state index contributed by atoms with van der Waals surface area (Å²) in [6.07, 6.45) is 0.982. The third-order valence-electron chi connectivity index (χ3n) is 4.11. The van der Waals surface area contributed by atoms with E-state index in [1.54, 1.807) is 12.1 Å². The van der Waals surface area contributed by atoms with Crippen LogP contribution in [-0.2, 0) is 17.8 Å². The molecule has 26 heavy (non-hydrogen) atoms. The number of hydrogen-bond acceptors (Lipinski definition) is 4. The van der Waals surface area contributed by atoms with Gasteiger partial charge in [0.15, 0.2) is 0 Å². The van der Waals surface area contributed by atoms with Gasteiger partial charge in [0.1, 0.15) is 12.4 Å². The number of benzene rings is 2. The summed E-state index contributed by atoms with van der Waals surface area (Å²) < 4.78 is 13.0. The Bertz CT molecular complexity index is 874. The third kappa shape index (κ3) is 4.30. The zero-order chi connectivity index (χ0) is 18.5. The number of halogens is 1. The van der Waals surface area contributed by atoms with Gasteiger partial charge in [0.25, 0.3) is 0 Å². The second-order valence-electron chi connectivity index (χ2n) is 6.03. The number of hydrogen-bond donors (Lipinski definition) is 1. The van der Waals surface area contributed by atoms with Crippen LogP contribution in [0.3, 0.4) is 0 Å². The average Bonchev–Trinajstić information content (AvgIpc) is 3.10. The number of rotatable bonds is 6. The molecule has 7 heteroatoms. The van der Waals surface area contributed by atoms with E-state index in [9.17, 15) is 9.18 Å². The second kappa shape index (κ2) is 7.86. The van der Waals surface area contributed by atoms with Crippen molar-refractivity contribution in [3.05, 3.63) is 65.5 Å². The fourth-order valence-corrected chi connectivity index (χ4v) is 2.57. The summed E-state index contributed by atoms with van der Waals surface area (Å²) in [7, 11) is 0. The topological polar surface area (TPSA) is 72.7 Å². The maximum absolute atomic E-state index is 13.0. The molecule has 3 aromatic rings. The number of nitrogens with one attached hydrogen (secondary N) is 1. The van der Waals surface area contributed by atoms with Crippen molar-refractivity contribution in [1.82, 2.24) is 25.5 Å². The molecule has 0 radical (unpaired) electrons. The lowest BCUT2D eigenvalue weighted by atomic mass is 10.1. The van der Waals surface area contributed by atoms with E-state index >= 15 is 0 Å². The van der Waals surface area contributed by atoms with Gasteiger partial charge in [-0.3, -0.25) is 4.79 Å². The number of carbonyl (C=O) groups excluding carboxylic acids is 1. The Balaban J connectivity index is 1.60. The first-order chi connectivity index (χ1) is 12.5. The van der Waals surface area contributed by atoms with Crippen LogP contribution >= 0.6 is 0 Å². The Morgan fingerprint density at radius 3 is 2.50 bits per heavy atom. The first-order valence-corrected chi connectivity index (χ1v) is 8.47. The summed E-state index contributed by atoms with van der Waals surface area (Å²) in [4.78, 5) is 13.4. The van der Waals surface area contributed by atoms with Gasteiger partial charge >= 0.3 is 0 Å². The summed E-state index contributed by atoms with van der Waals surface area (Å²) in [6, 6.07) is 13.8. The van der Waals surface area contributed by atoms with Crippen molar-refractivity contribution < 1.29 is 9.18 Å². The molecule has 0 spiro atoms. The molecule has 1 N–H and O–H groups in total. The Hall–Kier alpha value is -3.09. The Kier molecular flexibility index (Phi) is 5.36. The van der Waals surface area contributed by atoms with Gasteiger partial charge < -0.3 is 5.32 Å². The highest BCUT2D eigenvalue weighted by molar-refractivity contribution is 5.76. The highest BCUT2D eigenvalue weighted by Crippen LogP contribution is 2.15. The molecule has 1 heterocycles. The molecule has 0 bridgehead atoms. The smallest absolute Gasteiger partial charge is 0.244 e.